The van der Waals surface area contributed by atoms with Crippen molar-refractivity contribution >= 4 is 11.9 Å². The van der Waals surface area contributed by atoms with E-state index >= 15 is 0 Å². The highest BCUT2D eigenvalue weighted by molar-refractivity contribution is 5.87. The molecule has 1 aromatic rings. The Hall–Kier alpha value is -2.09. The lowest BCUT2D eigenvalue weighted by Gasteiger charge is -2.26. The fourth-order valence-electron chi connectivity index (χ4n) is 1.40. The second kappa shape index (κ2) is 6.57. The van der Waals surface area contributed by atoms with Gasteiger partial charge in [0.2, 0.25) is 0 Å². The molecule has 5 nitrogen and oxygen atoms in total. The number of ether oxygens (including phenoxy) is 2. The van der Waals surface area contributed by atoms with Crippen molar-refractivity contribution in [3.63, 3.8) is 0 Å². The molecule has 1 unspecified atom stereocenters. The second-order valence-corrected chi connectivity index (χ2v) is 4.04. The van der Waals surface area contributed by atoms with Crippen LogP contribution in [0.4, 0.5) is 13.2 Å². The Balaban J connectivity index is 2.87. The van der Waals surface area contributed by atoms with Crippen molar-refractivity contribution in [2.45, 2.75) is 25.1 Å². The smallest absolute Gasteiger partial charge is 0.428 e. The average Bonchev–Trinajstić information content (AvgIpc) is 2.38. The van der Waals surface area contributed by atoms with Gasteiger partial charge in [-0.3, -0.25) is 4.79 Å². The molecule has 0 fully saturated rings. The van der Waals surface area contributed by atoms with E-state index in [9.17, 15) is 27.9 Å². The van der Waals surface area contributed by atoms with E-state index in [-0.39, 0.29) is 12.4 Å². The Morgan fingerprint density at radius 3 is 2.24 bits per heavy atom. The lowest BCUT2D eigenvalue weighted by molar-refractivity contribution is -0.264. The first-order chi connectivity index (χ1) is 9.70. The molecule has 1 rings (SSSR count). The predicted octanol–water partition coefficient (Wildman–Crippen LogP) is 1.84. The summed E-state index contributed by atoms with van der Waals surface area (Å²) in [5.41, 5.74) is -3.94. The average molecular weight is 306 g/mol. The van der Waals surface area contributed by atoms with Crippen molar-refractivity contribution in [1.82, 2.24) is 0 Å². The lowest BCUT2D eigenvalue weighted by atomic mass is 9.99. The van der Waals surface area contributed by atoms with Gasteiger partial charge in [0.25, 0.3) is 5.60 Å². The predicted molar refractivity (Wildman–Crippen MR) is 64.3 cm³/mol. The number of para-hydroxylation sites is 1. The molecule has 1 aromatic carbocycles. The van der Waals surface area contributed by atoms with E-state index in [0.717, 1.165) is 0 Å². The minimum atomic E-state index is -5.37. The number of carbonyl (C=O) groups excluding carboxylic acids is 2. The van der Waals surface area contributed by atoms with Gasteiger partial charge in [-0.05, 0) is 19.1 Å². The summed E-state index contributed by atoms with van der Waals surface area (Å²) < 4.78 is 47.3. The Kier molecular flexibility index (Phi) is 5.31. The maximum Gasteiger partial charge on any atom is 0.428 e. The van der Waals surface area contributed by atoms with Crippen LogP contribution >= 0.6 is 0 Å². The zero-order valence-electron chi connectivity index (χ0n) is 11.0. The first kappa shape index (κ1) is 17.0. The summed E-state index contributed by atoms with van der Waals surface area (Å²) in [5, 5.41) is 9.50. The highest BCUT2D eigenvalue weighted by atomic mass is 19.4. The van der Waals surface area contributed by atoms with Gasteiger partial charge < -0.3 is 14.6 Å². The molecule has 0 spiro atoms. The number of benzene rings is 1. The van der Waals surface area contributed by atoms with E-state index in [0.29, 0.717) is 0 Å². The molecule has 0 radical (unpaired) electrons. The third-order valence-corrected chi connectivity index (χ3v) is 2.46. The number of alkyl halides is 3. The quantitative estimate of drug-likeness (QED) is 0.664. The highest BCUT2D eigenvalue weighted by Crippen LogP contribution is 2.34. The summed E-state index contributed by atoms with van der Waals surface area (Å²) in [7, 11) is 0. The number of rotatable bonds is 5. The molecule has 0 aliphatic rings. The summed E-state index contributed by atoms with van der Waals surface area (Å²) in [6.07, 6.45) is -6.96. The molecule has 0 heterocycles. The lowest BCUT2D eigenvalue weighted by Crippen LogP contribution is -2.54. The van der Waals surface area contributed by atoms with Crippen molar-refractivity contribution in [2.24, 2.45) is 0 Å². The third kappa shape index (κ3) is 4.19. The molecule has 8 heteroatoms. The molecule has 0 saturated heterocycles. The number of halogens is 3. The third-order valence-electron chi connectivity index (χ3n) is 2.46. The fourth-order valence-corrected chi connectivity index (χ4v) is 1.40. The molecule has 0 aliphatic heterocycles. The summed E-state index contributed by atoms with van der Waals surface area (Å²) in [5.74, 6) is -3.35. The Morgan fingerprint density at radius 2 is 1.76 bits per heavy atom. The van der Waals surface area contributed by atoms with Crippen LogP contribution < -0.4 is 4.74 Å². The van der Waals surface area contributed by atoms with Crippen molar-refractivity contribution in [3.05, 3.63) is 30.3 Å². The van der Waals surface area contributed by atoms with E-state index in [4.69, 9.17) is 0 Å². The largest absolute Gasteiger partial charge is 0.464 e. The van der Waals surface area contributed by atoms with E-state index < -0.39 is 30.1 Å². The summed E-state index contributed by atoms with van der Waals surface area (Å²) >= 11 is 0. The van der Waals surface area contributed by atoms with Crippen LogP contribution in [0.2, 0.25) is 0 Å². The van der Waals surface area contributed by atoms with Gasteiger partial charge in [-0.2, -0.15) is 13.2 Å². The summed E-state index contributed by atoms with van der Waals surface area (Å²) in [6, 6.07) is 7.31. The Morgan fingerprint density at radius 1 is 1.19 bits per heavy atom. The maximum absolute atomic E-state index is 12.8. The van der Waals surface area contributed by atoms with Gasteiger partial charge >= 0.3 is 18.1 Å². The molecular weight excluding hydrogens is 293 g/mol. The number of carbonyl (C=O) groups is 2. The molecule has 0 amide bonds. The maximum atomic E-state index is 12.8. The number of hydrogen-bond acceptors (Lipinski definition) is 5. The van der Waals surface area contributed by atoms with Gasteiger partial charge in [-0.15, -0.1) is 0 Å². The first-order valence-corrected chi connectivity index (χ1v) is 5.92. The van der Waals surface area contributed by atoms with Crippen LogP contribution in [-0.2, 0) is 14.3 Å². The van der Waals surface area contributed by atoms with E-state index in [1.54, 1.807) is 6.07 Å². The summed E-state index contributed by atoms with van der Waals surface area (Å²) in [6.45, 7) is 0.905. The van der Waals surface area contributed by atoms with Crippen LogP contribution in [0.25, 0.3) is 0 Å². The molecule has 1 atom stereocenters. The van der Waals surface area contributed by atoms with Gasteiger partial charge in [0, 0.05) is 0 Å². The van der Waals surface area contributed by atoms with Gasteiger partial charge in [0.15, 0.2) is 0 Å². The molecule has 0 bridgehead atoms. The van der Waals surface area contributed by atoms with Crippen LogP contribution in [0.3, 0.4) is 0 Å². The van der Waals surface area contributed by atoms with E-state index in [1.165, 1.54) is 31.2 Å². The standard InChI is InChI=1S/C13H13F3O5/c1-2-20-11(18)12(19,13(14,15)16)8-10(17)21-9-6-4-3-5-7-9/h3-7,19H,2,8H2,1H3. The van der Waals surface area contributed by atoms with Crippen LogP contribution in [-0.4, -0.2) is 35.4 Å². The zero-order valence-corrected chi connectivity index (χ0v) is 11.0. The topological polar surface area (TPSA) is 72.8 Å². The van der Waals surface area contributed by atoms with Crippen molar-refractivity contribution < 1.29 is 37.3 Å². The zero-order chi connectivity index (χ0) is 16.1. The van der Waals surface area contributed by atoms with Crippen LogP contribution in [0.1, 0.15) is 13.3 Å². The highest BCUT2D eigenvalue weighted by Gasteiger charge is 2.62. The molecular formula is C13H13F3O5. The van der Waals surface area contributed by atoms with Gasteiger partial charge in [0.05, 0.1) is 13.0 Å². The van der Waals surface area contributed by atoms with Crippen LogP contribution in [0.15, 0.2) is 30.3 Å². The Bertz CT molecular complexity index is 500. The number of aliphatic hydroxyl groups is 1. The number of esters is 2. The Labute approximate surface area is 118 Å². The van der Waals surface area contributed by atoms with Gasteiger partial charge in [0.1, 0.15) is 5.75 Å². The molecule has 0 saturated carbocycles. The molecule has 1 N–H and O–H groups in total. The van der Waals surface area contributed by atoms with E-state index in [2.05, 4.69) is 9.47 Å². The minimum absolute atomic E-state index is 0.00381. The van der Waals surface area contributed by atoms with Gasteiger partial charge in [-0.1, -0.05) is 18.2 Å². The SMILES string of the molecule is CCOC(=O)C(O)(CC(=O)Oc1ccccc1)C(F)(F)F. The van der Waals surface area contributed by atoms with Crippen LogP contribution in [0.5, 0.6) is 5.75 Å². The molecule has 116 valence electrons. The number of hydrogen-bond donors (Lipinski definition) is 1. The molecule has 0 aliphatic carbocycles. The van der Waals surface area contributed by atoms with Crippen molar-refractivity contribution in [1.29, 1.82) is 0 Å². The normalized spacial score (nSPS) is 14.1. The fraction of sp³-hybridized carbons (Fsp3) is 0.385. The minimum Gasteiger partial charge on any atom is -0.464 e. The molecule has 0 aromatic heterocycles. The molecule has 21 heavy (non-hydrogen) atoms. The van der Waals surface area contributed by atoms with Crippen molar-refractivity contribution in [2.75, 3.05) is 6.61 Å². The monoisotopic (exact) mass is 306 g/mol. The van der Waals surface area contributed by atoms with Gasteiger partial charge in [-0.25, -0.2) is 4.79 Å². The van der Waals surface area contributed by atoms with Crippen LogP contribution in [0, 0.1) is 0 Å². The van der Waals surface area contributed by atoms with Crippen molar-refractivity contribution in [3.8, 4) is 5.75 Å². The summed E-state index contributed by atoms with van der Waals surface area (Å²) in [4.78, 5) is 22.8. The first-order valence-electron chi connectivity index (χ1n) is 5.92. The van der Waals surface area contributed by atoms with E-state index in [1.807, 2.05) is 0 Å². The second-order valence-electron chi connectivity index (χ2n) is 4.04.